The molecule has 21 heavy (non-hydrogen) atoms. The van der Waals surface area contributed by atoms with E-state index in [0.717, 1.165) is 25.4 Å². The fraction of sp³-hybridized carbons (Fsp3) is 0.667. The average molecular weight is 290 g/mol. The zero-order valence-corrected chi connectivity index (χ0v) is 13.9. The second kappa shape index (κ2) is 7.81. The molecule has 0 spiro atoms. The Morgan fingerprint density at radius 3 is 2.86 bits per heavy atom. The van der Waals surface area contributed by atoms with Crippen LogP contribution in [0.1, 0.15) is 32.8 Å². The number of nitrogens with zero attached hydrogens (tertiary/aromatic N) is 1. The van der Waals surface area contributed by atoms with Crippen molar-refractivity contribution in [2.45, 2.75) is 46.2 Å². The maximum absolute atomic E-state index is 5.89. The lowest BCUT2D eigenvalue weighted by Crippen LogP contribution is -2.54. The lowest BCUT2D eigenvalue weighted by Gasteiger charge is -2.43. The highest BCUT2D eigenvalue weighted by Gasteiger charge is 2.31. The molecule has 1 fully saturated rings. The van der Waals surface area contributed by atoms with Crippen molar-refractivity contribution in [1.82, 2.24) is 10.2 Å². The van der Waals surface area contributed by atoms with Gasteiger partial charge in [-0.25, -0.2) is 0 Å². The zero-order chi connectivity index (χ0) is 15.2. The van der Waals surface area contributed by atoms with Gasteiger partial charge in [-0.15, -0.1) is 0 Å². The highest BCUT2D eigenvalue weighted by atomic mass is 16.5. The van der Waals surface area contributed by atoms with Crippen molar-refractivity contribution in [2.24, 2.45) is 5.92 Å². The Bertz CT molecular complexity index is 435. The van der Waals surface area contributed by atoms with E-state index in [2.05, 4.69) is 56.1 Å². The van der Waals surface area contributed by atoms with Gasteiger partial charge in [0.25, 0.3) is 0 Å². The molecule has 1 aliphatic heterocycles. The first-order valence-electron chi connectivity index (χ1n) is 8.28. The molecule has 3 unspecified atom stereocenters. The smallest absolute Gasteiger partial charge is 0.119 e. The van der Waals surface area contributed by atoms with E-state index in [1.54, 1.807) is 0 Å². The van der Waals surface area contributed by atoms with E-state index in [1.165, 1.54) is 18.5 Å². The number of hydrogen-bond donors (Lipinski definition) is 1. The first-order chi connectivity index (χ1) is 10.1. The molecular weight excluding hydrogens is 260 g/mol. The third-order valence-electron chi connectivity index (χ3n) is 4.80. The Morgan fingerprint density at radius 1 is 1.33 bits per heavy atom. The first kappa shape index (κ1) is 16.3. The van der Waals surface area contributed by atoms with Gasteiger partial charge in [0.1, 0.15) is 12.4 Å². The third-order valence-corrected chi connectivity index (χ3v) is 4.80. The molecule has 1 aromatic carbocycles. The predicted molar refractivity (Wildman–Crippen MR) is 89.0 cm³/mol. The Hall–Kier alpha value is -1.06. The maximum Gasteiger partial charge on any atom is 0.119 e. The van der Waals surface area contributed by atoms with E-state index in [9.17, 15) is 0 Å². The molecule has 1 aromatic rings. The summed E-state index contributed by atoms with van der Waals surface area (Å²) in [5.41, 5.74) is 1.25. The summed E-state index contributed by atoms with van der Waals surface area (Å²) in [7, 11) is 0. The van der Waals surface area contributed by atoms with Crippen molar-refractivity contribution in [3.05, 3.63) is 29.8 Å². The minimum absolute atomic E-state index is 0.615. The van der Waals surface area contributed by atoms with Gasteiger partial charge in [0, 0.05) is 25.2 Å². The first-order valence-corrected chi connectivity index (χ1v) is 8.28. The molecule has 3 nitrogen and oxygen atoms in total. The summed E-state index contributed by atoms with van der Waals surface area (Å²) in [5, 5.41) is 3.62. The van der Waals surface area contributed by atoms with Crippen LogP contribution in [0.3, 0.4) is 0 Å². The van der Waals surface area contributed by atoms with Crippen LogP contribution < -0.4 is 10.1 Å². The van der Waals surface area contributed by atoms with E-state index >= 15 is 0 Å². The van der Waals surface area contributed by atoms with Crippen LogP contribution in [0.2, 0.25) is 0 Å². The summed E-state index contributed by atoms with van der Waals surface area (Å²) in [6, 6.07) is 9.57. The van der Waals surface area contributed by atoms with Gasteiger partial charge < -0.3 is 10.1 Å². The van der Waals surface area contributed by atoms with Crippen molar-refractivity contribution < 1.29 is 4.74 Å². The number of nitrogens with one attached hydrogen (secondary N) is 1. The number of likely N-dealkylation sites (tertiary alicyclic amines) is 1. The monoisotopic (exact) mass is 290 g/mol. The molecule has 1 aliphatic rings. The second-order valence-corrected chi connectivity index (χ2v) is 6.25. The molecule has 0 amide bonds. The van der Waals surface area contributed by atoms with Gasteiger partial charge in [-0.05, 0) is 50.4 Å². The number of benzene rings is 1. The Balaban J connectivity index is 1.78. The summed E-state index contributed by atoms with van der Waals surface area (Å²) in [5.74, 6) is 1.68. The van der Waals surface area contributed by atoms with Crippen molar-refractivity contribution in [3.8, 4) is 5.75 Å². The largest absolute Gasteiger partial charge is 0.492 e. The standard InChI is InChI=1S/C18H30N2O/c1-5-19-18-9-10-20(16(4)15(18)3)11-12-21-17-8-6-7-14(2)13-17/h6-8,13,15-16,18-19H,5,9-12H2,1-4H3. The molecular formula is C18H30N2O. The van der Waals surface area contributed by atoms with Crippen LogP contribution >= 0.6 is 0 Å². The van der Waals surface area contributed by atoms with Gasteiger partial charge in [0.05, 0.1) is 0 Å². The lowest BCUT2D eigenvalue weighted by molar-refractivity contribution is 0.0723. The topological polar surface area (TPSA) is 24.5 Å². The summed E-state index contributed by atoms with van der Waals surface area (Å²) >= 11 is 0. The Labute approximate surface area is 129 Å². The van der Waals surface area contributed by atoms with E-state index in [0.29, 0.717) is 18.0 Å². The van der Waals surface area contributed by atoms with E-state index in [-0.39, 0.29) is 0 Å². The second-order valence-electron chi connectivity index (χ2n) is 6.25. The van der Waals surface area contributed by atoms with Crippen LogP contribution in [0, 0.1) is 12.8 Å². The third kappa shape index (κ3) is 4.45. The SMILES string of the molecule is CCNC1CCN(CCOc2cccc(C)c2)C(C)C1C. The normalized spacial score (nSPS) is 26.8. The van der Waals surface area contributed by atoms with Gasteiger partial charge in [-0.2, -0.15) is 0 Å². The van der Waals surface area contributed by atoms with E-state index in [1.807, 2.05) is 6.07 Å². The van der Waals surface area contributed by atoms with Crippen LogP contribution in [0.5, 0.6) is 5.75 Å². The van der Waals surface area contributed by atoms with Crippen LogP contribution in [-0.4, -0.2) is 43.2 Å². The fourth-order valence-electron chi connectivity index (χ4n) is 3.29. The van der Waals surface area contributed by atoms with Crippen LogP contribution in [0.25, 0.3) is 0 Å². The van der Waals surface area contributed by atoms with Crippen molar-refractivity contribution in [1.29, 1.82) is 0 Å². The highest BCUT2D eigenvalue weighted by molar-refractivity contribution is 5.27. The van der Waals surface area contributed by atoms with Crippen molar-refractivity contribution in [2.75, 3.05) is 26.2 Å². The summed E-state index contributed by atoms with van der Waals surface area (Å²) in [4.78, 5) is 2.56. The number of aryl methyl sites for hydroxylation is 1. The summed E-state index contributed by atoms with van der Waals surface area (Å²) in [6.07, 6.45) is 1.24. The number of rotatable bonds is 6. The zero-order valence-electron chi connectivity index (χ0n) is 13.9. The van der Waals surface area contributed by atoms with Crippen LogP contribution in [0.4, 0.5) is 0 Å². The molecule has 0 saturated carbocycles. The van der Waals surface area contributed by atoms with Crippen molar-refractivity contribution in [3.63, 3.8) is 0 Å². The molecule has 0 bridgehead atoms. The Kier molecular flexibility index (Phi) is 6.07. The van der Waals surface area contributed by atoms with E-state index in [4.69, 9.17) is 4.74 Å². The van der Waals surface area contributed by atoms with Gasteiger partial charge in [-0.1, -0.05) is 26.0 Å². The van der Waals surface area contributed by atoms with Crippen LogP contribution in [-0.2, 0) is 0 Å². The molecule has 3 heteroatoms. The lowest BCUT2D eigenvalue weighted by atomic mass is 9.87. The summed E-state index contributed by atoms with van der Waals surface area (Å²) in [6.45, 7) is 13.0. The number of ether oxygens (including phenoxy) is 1. The van der Waals surface area contributed by atoms with Gasteiger partial charge in [0.15, 0.2) is 0 Å². The maximum atomic E-state index is 5.89. The average Bonchev–Trinajstić information content (AvgIpc) is 2.47. The molecule has 3 atom stereocenters. The Morgan fingerprint density at radius 2 is 2.14 bits per heavy atom. The van der Waals surface area contributed by atoms with Gasteiger partial charge >= 0.3 is 0 Å². The summed E-state index contributed by atoms with van der Waals surface area (Å²) < 4.78 is 5.89. The molecule has 1 saturated heterocycles. The minimum Gasteiger partial charge on any atom is -0.492 e. The molecule has 2 rings (SSSR count). The fourth-order valence-corrected chi connectivity index (χ4v) is 3.29. The van der Waals surface area contributed by atoms with Gasteiger partial charge in [-0.3, -0.25) is 4.90 Å². The predicted octanol–water partition coefficient (Wildman–Crippen LogP) is 3.08. The minimum atomic E-state index is 0.615. The molecule has 0 aliphatic carbocycles. The molecule has 0 aromatic heterocycles. The quantitative estimate of drug-likeness (QED) is 0.871. The number of hydrogen-bond acceptors (Lipinski definition) is 3. The highest BCUT2D eigenvalue weighted by Crippen LogP contribution is 2.23. The molecule has 0 radical (unpaired) electrons. The number of piperidine rings is 1. The van der Waals surface area contributed by atoms with Crippen molar-refractivity contribution >= 4 is 0 Å². The molecule has 118 valence electrons. The molecule has 1 heterocycles. The van der Waals surface area contributed by atoms with Crippen LogP contribution in [0.15, 0.2) is 24.3 Å². The molecule has 1 N–H and O–H groups in total. The van der Waals surface area contributed by atoms with E-state index < -0.39 is 0 Å². The van der Waals surface area contributed by atoms with Gasteiger partial charge in [0.2, 0.25) is 0 Å².